The van der Waals surface area contributed by atoms with Gasteiger partial charge in [0.1, 0.15) is 10.6 Å². The standard InChI is InChI=1S/C11H16O4S.C7H8.C3H9N/c1-2-3-6-9-15-10-7-4-5-8-11(10)16(12,13)14;1-7-5-3-2-4-6-7;1-4(2)3/h4-5,7-8H,2-3,6,9H2,1H3,(H,12,13,14);2-6H,1H3;1-3H3. The summed E-state index contributed by atoms with van der Waals surface area (Å²) >= 11 is 0. The number of rotatable bonds is 6. The van der Waals surface area contributed by atoms with E-state index in [4.69, 9.17) is 9.29 Å². The van der Waals surface area contributed by atoms with Crippen LogP contribution in [0.5, 0.6) is 5.75 Å². The van der Waals surface area contributed by atoms with Crippen LogP contribution in [0, 0.1) is 6.92 Å². The lowest BCUT2D eigenvalue weighted by Crippen LogP contribution is -2.04. The summed E-state index contributed by atoms with van der Waals surface area (Å²) < 4.78 is 36.3. The topological polar surface area (TPSA) is 66.8 Å². The Labute approximate surface area is 164 Å². The lowest BCUT2D eigenvalue weighted by atomic mass is 10.2. The highest BCUT2D eigenvalue weighted by molar-refractivity contribution is 7.86. The van der Waals surface area contributed by atoms with Crippen LogP contribution in [-0.4, -0.2) is 45.6 Å². The zero-order valence-corrected chi connectivity index (χ0v) is 17.9. The van der Waals surface area contributed by atoms with Gasteiger partial charge >= 0.3 is 0 Å². The van der Waals surface area contributed by atoms with Gasteiger partial charge in [0.2, 0.25) is 0 Å². The van der Waals surface area contributed by atoms with Crippen molar-refractivity contribution in [2.45, 2.75) is 38.0 Å². The minimum absolute atomic E-state index is 0.175. The van der Waals surface area contributed by atoms with Crippen molar-refractivity contribution in [3.05, 3.63) is 60.2 Å². The first-order valence-corrected chi connectivity index (χ1v) is 10.4. The molecule has 0 atom stereocenters. The molecule has 0 radical (unpaired) electrons. The minimum atomic E-state index is -4.20. The molecule has 152 valence electrons. The molecule has 2 aromatic carbocycles. The Morgan fingerprint density at radius 1 is 0.926 bits per heavy atom. The molecule has 0 amide bonds. The molecule has 5 nitrogen and oxygen atoms in total. The Bertz CT molecular complexity index is 713. The van der Waals surface area contributed by atoms with E-state index in [-0.39, 0.29) is 10.6 Å². The van der Waals surface area contributed by atoms with Crippen molar-refractivity contribution < 1.29 is 17.7 Å². The average Bonchev–Trinajstić information content (AvgIpc) is 2.59. The molecule has 1 N–H and O–H groups in total. The Hall–Kier alpha value is -1.89. The largest absolute Gasteiger partial charge is 0.492 e. The molecule has 0 aliphatic rings. The first-order chi connectivity index (χ1) is 12.7. The maximum atomic E-state index is 11.0. The molecule has 0 aromatic heterocycles. The fourth-order valence-electron chi connectivity index (χ4n) is 1.85. The van der Waals surface area contributed by atoms with Gasteiger partial charge in [0.15, 0.2) is 0 Å². The zero-order valence-electron chi connectivity index (χ0n) is 17.1. The third-order valence-corrected chi connectivity index (χ3v) is 3.97. The van der Waals surface area contributed by atoms with E-state index in [0.717, 1.165) is 19.3 Å². The van der Waals surface area contributed by atoms with Crippen molar-refractivity contribution >= 4 is 10.1 Å². The van der Waals surface area contributed by atoms with Crippen molar-refractivity contribution in [3.8, 4) is 5.75 Å². The first-order valence-electron chi connectivity index (χ1n) is 9.00. The fourth-order valence-corrected chi connectivity index (χ4v) is 2.48. The predicted molar refractivity (Wildman–Crippen MR) is 112 cm³/mol. The van der Waals surface area contributed by atoms with Crippen LogP contribution in [0.2, 0.25) is 0 Å². The van der Waals surface area contributed by atoms with Crippen LogP contribution < -0.4 is 4.74 Å². The Kier molecular flexibility index (Phi) is 13.2. The molecule has 0 spiro atoms. The third kappa shape index (κ3) is 13.9. The van der Waals surface area contributed by atoms with Crippen LogP contribution in [0.1, 0.15) is 31.7 Å². The SMILES string of the molecule is CCCCCOc1ccccc1S(=O)(=O)O.CN(C)C.Cc1ccccc1. The monoisotopic (exact) mass is 395 g/mol. The van der Waals surface area contributed by atoms with Gasteiger partial charge in [-0.2, -0.15) is 8.42 Å². The fraction of sp³-hybridized carbons (Fsp3) is 0.429. The summed E-state index contributed by atoms with van der Waals surface area (Å²) in [6.07, 6.45) is 2.98. The normalized spacial score (nSPS) is 10.3. The number of aryl methyl sites for hydroxylation is 1. The van der Waals surface area contributed by atoms with E-state index < -0.39 is 10.1 Å². The molecule has 0 aliphatic heterocycles. The van der Waals surface area contributed by atoms with E-state index in [1.807, 2.05) is 44.2 Å². The lowest BCUT2D eigenvalue weighted by molar-refractivity contribution is 0.297. The molecule has 2 rings (SSSR count). The second-order valence-corrected chi connectivity index (χ2v) is 7.86. The van der Waals surface area contributed by atoms with Gasteiger partial charge in [-0.05, 0) is 46.6 Å². The number of hydrogen-bond acceptors (Lipinski definition) is 4. The van der Waals surface area contributed by atoms with Crippen molar-refractivity contribution in [1.29, 1.82) is 0 Å². The molecule has 27 heavy (non-hydrogen) atoms. The van der Waals surface area contributed by atoms with E-state index in [1.165, 1.54) is 17.7 Å². The summed E-state index contributed by atoms with van der Waals surface area (Å²) in [6, 6.07) is 16.3. The van der Waals surface area contributed by atoms with E-state index in [0.29, 0.717) is 6.61 Å². The number of hydrogen-bond donors (Lipinski definition) is 1. The lowest BCUT2D eigenvalue weighted by Gasteiger charge is -2.08. The summed E-state index contributed by atoms with van der Waals surface area (Å²) in [7, 11) is 1.80. The van der Waals surface area contributed by atoms with Gasteiger partial charge in [-0.1, -0.05) is 67.8 Å². The van der Waals surface area contributed by atoms with Crippen LogP contribution in [0.15, 0.2) is 59.5 Å². The smallest absolute Gasteiger partial charge is 0.298 e. The van der Waals surface area contributed by atoms with Crippen molar-refractivity contribution in [2.24, 2.45) is 0 Å². The van der Waals surface area contributed by atoms with Gasteiger partial charge < -0.3 is 9.64 Å². The van der Waals surface area contributed by atoms with E-state index in [2.05, 4.69) is 26.0 Å². The van der Waals surface area contributed by atoms with Crippen LogP contribution in [0.4, 0.5) is 0 Å². The van der Waals surface area contributed by atoms with Gasteiger partial charge in [0.05, 0.1) is 6.61 Å². The number of para-hydroxylation sites is 1. The number of benzene rings is 2. The molecular weight excluding hydrogens is 362 g/mol. The summed E-state index contributed by atoms with van der Waals surface area (Å²) in [5, 5.41) is 0. The molecular formula is C21H33NO4S. The van der Waals surface area contributed by atoms with Gasteiger partial charge in [-0.3, -0.25) is 4.55 Å². The molecule has 0 saturated heterocycles. The van der Waals surface area contributed by atoms with Crippen LogP contribution >= 0.6 is 0 Å². The highest BCUT2D eigenvalue weighted by Crippen LogP contribution is 2.23. The van der Waals surface area contributed by atoms with Crippen LogP contribution in [-0.2, 0) is 10.1 Å². The number of ether oxygens (including phenoxy) is 1. The Morgan fingerprint density at radius 3 is 1.89 bits per heavy atom. The van der Waals surface area contributed by atoms with Crippen molar-refractivity contribution in [1.82, 2.24) is 4.90 Å². The maximum Gasteiger partial charge on any atom is 0.298 e. The highest BCUT2D eigenvalue weighted by Gasteiger charge is 2.15. The minimum Gasteiger partial charge on any atom is -0.492 e. The van der Waals surface area contributed by atoms with Gasteiger partial charge in [0, 0.05) is 0 Å². The highest BCUT2D eigenvalue weighted by atomic mass is 32.2. The molecule has 0 unspecified atom stereocenters. The summed E-state index contributed by atoms with van der Waals surface area (Å²) in [5.41, 5.74) is 1.32. The van der Waals surface area contributed by atoms with Crippen molar-refractivity contribution in [2.75, 3.05) is 27.7 Å². The maximum absolute atomic E-state index is 11.0. The predicted octanol–water partition coefficient (Wildman–Crippen LogP) is 4.68. The molecule has 0 saturated carbocycles. The average molecular weight is 396 g/mol. The quantitative estimate of drug-likeness (QED) is 0.568. The summed E-state index contributed by atoms with van der Waals surface area (Å²) in [5.74, 6) is 0.209. The Balaban J connectivity index is 0.000000503. The van der Waals surface area contributed by atoms with Crippen molar-refractivity contribution in [3.63, 3.8) is 0 Å². The first kappa shape index (κ1) is 25.1. The van der Waals surface area contributed by atoms with Gasteiger partial charge in [-0.25, -0.2) is 0 Å². The Morgan fingerprint density at radius 2 is 1.44 bits per heavy atom. The van der Waals surface area contributed by atoms with Gasteiger partial charge in [0.25, 0.3) is 10.1 Å². The van der Waals surface area contributed by atoms with Crippen LogP contribution in [0.25, 0.3) is 0 Å². The molecule has 2 aromatic rings. The second-order valence-electron chi connectivity index (χ2n) is 6.47. The second kappa shape index (κ2) is 14.2. The molecule has 0 aliphatic carbocycles. The molecule has 6 heteroatoms. The van der Waals surface area contributed by atoms with E-state index in [1.54, 1.807) is 12.1 Å². The van der Waals surface area contributed by atoms with E-state index in [9.17, 15) is 8.42 Å². The van der Waals surface area contributed by atoms with E-state index >= 15 is 0 Å². The number of unbranched alkanes of at least 4 members (excludes halogenated alkanes) is 2. The van der Waals surface area contributed by atoms with Gasteiger partial charge in [-0.15, -0.1) is 0 Å². The summed E-state index contributed by atoms with van der Waals surface area (Å²) in [6.45, 7) is 4.62. The zero-order chi connectivity index (χ0) is 20.7. The summed E-state index contributed by atoms with van der Waals surface area (Å²) in [4.78, 5) is 1.83. The molecule has 0 bridgehead atoms. The third-order valence-electron chi connectivity index (χ3n) is 3.07. The molecule has 0 fully saturated rings. The number of nitrogens with zero attached hydrogens (tertiary/aromatic N) is 1. The molecule has 0 heterocycles. The van der Waals surface area contributed by atoms with Crippen LogP contribution in [0.3, 0.4) is 0 Å².